The van der Waals surface area contributed by atoms with Crippen molar-refractivity contribution >= 4 is 23.1 Å². The zero-order chi connectivity index (χ0) is 14.2. The van der Waals surface area contributed by atoms with Crippen LogP contribution < -0.4 is 5.73 Å². The van der Waals surface area contributed by atoms with Gasteiger partial charge in [0.25, 0.3) is 0 Å². The van der Waals surface area contributed by atoms with E-state index < -0.39 is 11.7 Å². The van der Waals surface area contributed by atoms with Gasteiger partial charge in [-0.15, -0.1) is 4.91 Å². The summed E-state index contributed by atoms with van der Waals surface area (Å²) in [7, 11) is 0. The lowest BCUT2D eigenvalue weighted by atomic mass is 10.3. The lowest BCUT2D eigenvalue weighted by Crippen LogP contribution is -2.09. The predicted molar refractivity (Wildman–Crippen MR) is 61.2 cm³/mol. The van der Waals surface area contributed by atoms with Crippen molar-refractivity contribution in [2.45, 2.75) is 6.18 Å². The first-order valence-electron chi connectivity index (χ1n) is 4.74. The Kier molecular flexibility index (Phi) is 3.14. The predicted octanol–water partition coefficient (Wildman–Crippen LogP) is 2.92. The van der Waals surface area contributed by atoms with E-state index in [9.17, 15) is 18.1 Å². The highest BCUT2D eigenvalue weighted by molar-refractivity contribution is 6.32. The van der Waals surface area contributed by atoms with Gasteiger partial charge in [-0.1, -0.05) is 11.6 Å². The number of anilines is 1. The van der Waals surface area contributed by atoms with Crippen LogP contribution in [0, 0.1) is 4.91 Å². The Bertz CT molecular complexity index is 639. The molecule has 6 nitrogen and oxygen atoms in total. The smallest absolute Gasteiger partial charge is 0.382 e. The average molecular weight is 292 g/mol. The van der Waals surface area contributed by atoms with E-state index in [0.717, 1.165) is 10.9 Å². The molecule has 0 saturated heterocycles. The largest absolute Gasteiger partial charge is 0.417 e. The molecule has 2 aromatic heterocycles. The van der Waals surface area contributed by atoms with E-state index in [1.807, 2.05) is 0 Å². The number of hydrogen-bond donors (Lipinski definition) is 1. The van der Waals surface area contributed by atoms with Gasteiger partial charge in [0.1, 0.15) is 0 Å². The van der Waals surface area contributed by atoms with Gasteiger partial charge in [-0.05, 0) is 11.2 Å². The molecule has 0 amide bonds. The molecule has 0 saturated carbocycles. The van der Waals surface area contributed by atoms with Crippen LogP contribution >= 0.6 is 11.6 Å². The second-order valence-corrected chi connectivity index (χ2v) is 3.85. The molecule has 0 atom stereocenters. The van der Waals surface area contributed by atoms with Crippen molar-refractivity contribution in [3.05, 3.63) is 34.0 Å². The van der Waals surface area contributed by atoms with Crippen molar-refractivity contribution in [1.82, 2.24) is 14.8 Å². The van der Waals surface area contributed by atoms with Gasteiger partial charge in [0, 0.05) is 6.20 Å². The molecule has 2 rings (SSSR count). The minimum absolute atomic E-state index is 0.123. The van der Waals surface area contributed by atoms with Gasteiger partial charge in [0.2, 0.25) is 0 Å². The topological polar surface area (TPSA) is 86.2 Å². The number of nitrogen functional groups attached to an aromatic ring is 1. The van der Waals surface area contributed by atoms with Gasteiger partial charge < -0.3 is 5.73 Å². The van der Waals surface area contributed by atoms with Gasteiger partial charge in [0.05, 0.1) is 16.8 Å². The van der Waals surface area contributed by atoms with E-state index >= 15 is 0 Å². The maximum atomic E-state index is 12.4. The van der Waals surface area contributed by atoms with Crippen molar-refractivity contribution in [2.75, 3.05) is 5.73 Å². The van der Waals surface area contributed by atoms with Crippen LogP contribution in [-0.2, 0) is 6.18 Å². The van der Waals surface area contributed by atoms with Crippen LogP contribution in [0.1, 0.15) is 5.56 Å². The molecule has 19 heavy (non-hydrogen) atoms. The van der Waals surface area contributed by atoms with E-state index in [1.54, 1.807) is 0 Å². The Morgan fingerprint density at radius 1 is 1.37 bits per heavy atom. The summed E-state index contributed by atoms with van der Waals surface area (Å²) >= 11 is 5.71. The quantitative estimate of drug-likeness (QED) is 0.862. The van der Waals surface area contributed by atoms with E-state index in [2.05, 4.69) is 15.3 Å². The second kappa shape index (κ2) is 4.50. The fraction of sp³-hybridized carbons (Fsp3) is 0.111. The summed E-state index contributed by atoms with van der Waals surface area (Å²) in [5, 5.41) is 5.97. The molecule has 0 bridgehead atoms. The van der Waals surface area contributed by atoms with Crippen LogP contribution in [0.15, 0.2) is 23.6 Å². The van der Waals surface area contributed by atoms with E-state index in [1.165, 1.54) is 0 Å². The van der Waals surface area contributed by atoms with Crippen LogP contribution in [-0.4, -0.2) is 14.8 Å². The summed E-state index contributed by atoms with van der Waals surface area (Å²) in [5.74, 6) is -0.286. The first-order valence-corrected chi connectivity index (χ1v) is 5.12. The van der Waals surface area contributed by atoms with Gasteiger partial charge in [0.15, 0.2) is 17.3 Å². The standard InChI is InChI=1S/C9H5ClF3N5O/c10-5-1-4(9(11,12)13)2-15-8(5)18-7(14)6(17-19)3-16-18/h1-3H,14H2. The number of rotatable bonds is 2. The zero-order valence-corrected chi connectivity index (χ0v) is 9.77. The summed E-state index contributed by atoms with van der Waals surface area (Å²) in [6, 6.07) is 0.693. The second-order valence-electron chi connectivity index (χ2n) is 3.45. The maximum absolute atomic E-state index is 12.4. The van der Waals surface area contributed by atoms with Crippen molar-refractivity contribution in [3.8, 4) is 5.82 Å². The monoisotopic (exact) mass is 291 g/mol. The molecule has 0 aromatic carbocycles. The molecule has 100 valence electrons. The van der Waals surface area contributed by atoms with E-state index in [0.29, 0.717) is 12.3 Å². The molecule has 10 heteroatoms. The van der Waals surface area contributed by atoms with Crippen LogP contribution in [0.4, 0.5) is 24.7 Å². The van der Waals surface area contributed by atoms with Crippen molar-refractivity contribution in [2.24, 2.45) is 5.18 Å². The Labute approximate surface area is 109 Å². The normalized spacial score (nSPS) is 11.6. The lowest BCUT2D eigenvalue weighted by molar-refractivity contribution is -0.137. The first-order chi connectivity index (χ1) is 8.84. The molecule has 2 heterocycles. The number of nitrogens with zero attached hydrogens (tertiary/aromatic N) is 4. The summed E-state index contributed by atoms with van der Waals surface area (Å²) in [6.07, 6.45) is -2.91. The van der Waals surface area contributed by atoms with Crippen LogP contribution in [0.2, 0.25) is 5.02 Å². The van der Waals surface area contributed by atoms with Gasteiger partial charge >= 0.3 is 6.18 Å². The third-order valence-corrected chi connectivity index (χ3v) is 2.51. The fourth-order valence-corrected chi connectivity index (χ4v) is 1.58. The minimum atomic E-state index is -4.56. The highest BCUT2D eigenvalue weighted by Crippen LogP contribution is 2.33. The van der Waals surface area contributed by atoms with E-state index in [4.69, 9.17) is 17.3 Å². The summed E-state index contributed by atoms with van der Waals surface area (Å²) in [4.78, 5) is 13.9. The average Bonchev–Trinajstić information content (AvgIpc) is 2.69. The molecule has 0 radical (unpaired) electrons. The van der Waals surface area contributed by atoms with Crippen LogP contribution in [0.3, 0.4) is 0 Å². The molecular formula is C9H5ClF3N5O. The lowest BCUT2D eigenvalue weighted by Gasteiger charge is -2.09. The number of hydrogen-bond acceptors (Lipinski definition) is 5. The molecular weight excluding hydrogens is 287 g/mol. The summed E-state index contributed by atoms with van der Waals surface area (Å²) < 4.78 is 38.2. The van der Waals surface area contributed by atoms with Crippen molar-refractivity contribution in [3.63, 3.8) is 0 Å². The number of halogens is 4. The molecule has 2 aromatic rings. The van der Waals surface area contributed by atoms with E-state index in [-0.39, 0.29) is 22.3 Å². The maximum Gasteiger partial charge on any atom is 0.417 e. The molecule has 0 fully saturated rings. The number of alkyl halides is 3. The number of nitroso groups, excluding NO2 is 1. The number of aromatic nitrogens is 3. The molecule has 0 spiro atoms. The van der Waals surface area contributed by atoms with Crippen molar-refractivity contribution in [1.29, 1.82) is 0 Å². The van der Waals surface area contributed by atoms with Gasteiger partial charge in [-0.3, -0.25) is 0 Å². The zero-order valence-electron chi connectivity index (χ0n) is 9.02. The third-order valence-electron chi connectivity index (χ3n) is 2.23. The van der Waals surface area contributed by atoms with Crippen LogP contribution in [0.25, 0.3) is 5.82 Å². The SMILES string of the molecule is Nc1c(N=O)cnn1-c1ncc(C(F)(F)F)cc1Cl. The van der Waals surface area contributed by atoms with Gasteiger partial charge in [-0.2, -0.15) is 23.0 Å². The third kappa shape index (κ3) is 2.36. The fourth-order valence-electron chi connectivity index (χ4n) is 1.33. The first kappa shape index (κ1) is 13.3. The number of nitrogens with two attached hydrogens (primary N) is 1. The molecule has 0 aliphatic rings. The highest BCUT2D eigenvalue weighted by atomic mass is 35.5. The minimum Gasteiger partial charge on any atom is -0.382 e. The Morgan fingerprint density at radius 3 is 2.53 bits per heavy atom. The molecule has 2 N–H and O–H groups in total. The Balaban J connectivity index is 2.52. The van der Waals surface area contributed by atoms with Crippen LogP contribution in [0.5, 0.6) is 0 Å². The molecule has 0 aliphatic carbocycles. The van der Waals surface area contributed by atoms with Gasteiger partial charge in [-0.25, -0.2) is 4.98 Å². The summed E-state index contributed by atoms with van der Waals surface area (Å²) in [5.41, 5.74) is 4.37. The highest BCUT2D eigenvalue weighted by Gasteiger charge is 2.32. The summed E-state index contributed by atoms with van der Waals surface area (Å²) in [6.45, 7) is 0. The Hall–Kier alpha value is -2.16. The molecule has 0 aliphatic heterocycles. The Morgan fingerprint density at radius 2 is 2.05 bits per heavy atom. The molecule has 0 unspecified atom stereocenters. The number of pyridine rings is 1. The van der Waals surface area contributed by atoms with Crippen molar-refractivity contribution < 1.29 is 13.2 Å².